The lowest BCUT2D eigenvalue weighted by Crippen LogP contribution is -2.51. The van der Waals surface area contributed by atoms with Crippen LogP contribution in [0.25, 0.3) is 0 Å². The molecule has 0 bridgehead atoms. The zero-order valence-electron chi connectivity index (χ0n) is 22.8. The van der Waals surface area contributed by atoms with Gasteiger partial charge >= 0.3 is 6.55 Å². The van der Waals surface area contributed by atoms with Crippen LogP contribution in [0.1, 0.15) is 34.6 Å². The van der Waals surface area contributed by atoms with Gasteiger partial charge < -0.3 is 21.8 Å². The van der Waals surface area contributed by atoms with Gasteiger partial charge in [-0.05, 0) is 35.9 Å². The maximum atomic E-state index is 13.3. The molecule has 1 saturated heterocycles. The number of amidine groups is 1. The Morgan fingerprint density at radius 2 is 1.79 bits per heavy atom. The summed E-state index contributed by atoms with van der Waals surface area (Å²) in [5, 5.41) is 12.9. The standard InChI is InChI=1S/C28H30F2N10O2/c1-18(41)35-22-7-8-23(31)20(15-22)17-34-21-9-10-33-24(16-21)27(42)40-13-11-39(12-14-40)25(19-5-3-2-4-6-19)26(36-32)37-38-28(29)30/h2-10,15-17,25,28H,11-14,31-32H2,1H3,(H,35,41). The molecule has 1 fully saturated rings. The van der Waals surface area contributed by atoms with Gasteiger partial charge in [0, 0.05) is 62.5 Å². The second kappa shape index (κ2) is 14.0. The van der Waals surface area contributed by atoms with Crippen molar-refractivity contribution < 1.29 is 18.4 Å². The fourth-order valence-electron chi connectivity index (χ4n) is 4.49. The molecule has 0 spiro atoms. The first-order valence-corrected chi connectivity index (χ1v) is 13.0. The number of piperazine rings is 1. The highest BCUT2D eigenvalue weighted by Crippen LogP contribution is 2.26. The molecule has 0 radical (unpaired) electrons. The number of benzene rings is 2. The number of halogens is 2. The first-order chi connectivity index (χ1) is 20.2. The maximum absolute atomic E-state index is 13.3. The lowest BCUT2D eigenvalue weighted by atomic mass is 10.0. The fourth-order valence-corrected chi connectivity index (χ4v) is 4.49. The maximum Gasteiger partial charge on any atom is 0.348 e. The van der Waals surface area contributed by atoms with E-state index in [-0.39, 0.29) is 23.3 Å². The zero-order chi connectivity index (χ0) is 30.1. The number of nitrogens with two attached hydrogens (primary N) is 2. The molecule has 4 rings (SSSR count). The van der Waals surface area contributed by atoms with Crippen molar-refractivity contribution in [2.24, 2.45) is 26.2 Å². The second-order valence-electron chi connectivity index (χ2n) is 9.30. The van der Waals surface area contributed by atoms with Gasteiger partial charge in [0.05, 0.1) is 11.7 Å². The molecular weight excluding hydrogens is 546 g/mol. The molecule has 12 nitrogen and oxygen atoms in total. The Morgan fingerprint density at radius 3 is 2.45 bits per heavy atom. The predicted octanol–water partition coefficient (Wildman–Crippen LogP) is 3.82. The van der Waals surface area contributed by atoms with Gasteiger partial charge in [0.25, 0.3) is 5.91 Å². The first-order valence-electron chi connectivity index (χ1n) is 13.0. The largest absolute Gasteiger partial charge is 0.398 e. The van der Waals surface area contributed by atoms with Gasteiger partial charge in [-0.3, -0.25) is 24.5 Å². The lowest BCUT2D eigenvalue weighted by molar-refractivity contribution is -0.114. The number of alkyl halides is 2. The summed E-state index contributed by atoms with van der Waals surface area (Å²) in [6.45, 7) is -0.101. The minimum Gasteiger partial charge on any atom is -0.398 e. The molecule has 0 saturated carbocycles. The van der Waals surface area contributed by atoms with Crippen molar-refractivity contribution in [3.63, 3.8) is 0 Å². The van der Waals surface area contributed by atoms with E-state index in [2.05, 4.69) is 30.6 Å². The van der Waals surface area contributed by atoms with Crippen LogP contribution in [0.5, 0.6) is 0 Å². The Morgan fingerprint density at radius 1 is 1.05 bits per heavy atom. The van der Waals surface area contributed by atoms with Crippen molar-refractivity contribution in [3.05, 3.63) is 83.7 Å². The Bertz CT molecular complexity index is 1490. The van der Waals surface area contributed by atoms with Crippen LogP contribution in [-0.4, -0.2) is 71.4 Å². The van der Waals surface area contributed by atoms with E-state index < -0.39 is 12.6 Å². The third kappa shape index (κ3) is 7.75. The topological polar surface area (TPSA) is 167 Å². The number of carbonyl (C=O) groups excluding carboxylic acids is 2. The molecule has 42 heavy (non-hydrogen) atoms. The SMILES string of the molecule is CC(=O)Nc1ccc(N)c(C=Nc2ccnc(C(=O)N3CCN(C(C(N=NC(F)F)=NN)c4ccccc4)CC3)c2)c1. The molecule has 2 amide bonds. The monoisotopic (exact) mass is 576 g/mol. The molecule has 1 aliphatic rings. The van der Waals surface area contributed by atoms with Crippen LogP contribution >= 0.6 is 0 Å². The Hall–Kier alpha value is -5.11. The summed E-state index contributed by atoms with van der Waals surface area (Å²) >= 11 is 0. The predicted molar refractivity (Wildman–Crippen MR) is 156 cm³/mol. The van der Waals surface area contributed by atoms with E-state index in [1.165, 1.54) is 13.1 Å². The average molecular weight is 577 g/mol. The molecular formula is C28H30F2N10O2. The van der Waals surface area contributed by atoms with Crippen molar-refractivity contribution in [2.75, 3.05) is 37.2 Å². The number of hydrogen-bond acceptors (Lipinski definition) is 9. The highest BCUT2D eigenvalue weighted by Gasteiger charge is 2.31. The third-order valence-electron chi connectivity index (χ3n) is 6.43. The molecule has 1 aromatic heterocycles. The number of carbonyl (C=O) groups is 2. The van der Waals surface area contributed by atoms with Crippen molar-refractivity contribution in [1.82, 2.24) is 14.8 Å². The van der Waals surface area contributed by atoms with Crippen LogP contribution in [-0.2, 0) is 4.79 Å². The quantitative estimate of drug-likeness (QED) is 0.0701. The number of azo groups is 1. The number of pyridine rings is 1. The van der Waals surface area contributed by atoms with Crippen molar-refractivity contribution in [1.29, 1.82) is 0 Å². The van der Waals surface area contributed by atoms with E-state index in [1.54, 1.807) is 41.4 Å². The molecule has 218 valence electrons. The minimum absolute atomic E-state index is 0.0586. The molecule has 14 heteroatoms. The van der Waals surface area contributed by atoms with Crippen LogP contribution in [0.15, 0.2) is 87.2 Å². The third-order valence-corrected chi connectivity index (χ3v) is 6.43. The summed E-state index contributed by atoms with van der Waals surface area (Å²) in [7, 11) is 0. The number of rotatable bonds is 8. The van der Waals surface area contributed by atoms with Crippen LogP contribution in [0.3, 0.4) is 0 Å². The number of nitrogen functional groups attached to an aromatic ring is 1. The van der Waals surface area contributed by atoms with Crippen LogP contribution in [0.4, 0.5) is 25.8 Å². The Labute approximate surface area is 240 Å². The summed E-state index contributed by atoms with van der Waals surface area (Å²) < 4.78 is 25.5. The molecule has 2 heterocycles. The summed E-state index contributed by atoms with van der Waals surface area (Å²) in [6.07, 6.45) is 3.05. The molecule has 0 aliphatic carbocycles. The van der Waals surface area contributed by atoms with Crippen LogP contribution < -0.4 is 16.9 Å². The first kappa shape index (κ1) is 29.9. The average Bonchev–Trinajstić information content (AvgIpc) is 2.99. The van der Waals surface area contributed by atoms with Gasteiger partial charge in [0.15, 0.2) is 5.84 Å². The van der Waals surface area contributed by atoms with Crippen molar-refractivity contribution >= 4 is 40.9 Å². The summed E-state index contributed by atoms with van der Waals surface area (Å²) in [5.74, 6) is 4.98. The minimum atomic E-state index is -2.99. The molecule has 2 aromatic carbocycles. The van der Waals surface area contributed by atoms with Crippen molar-refractivity contribution in [3.8, 4) is 0 Å². The number of anilines is 2. The Kier molecular flexibility index (Phi) is 9.94. The molecule has 1 atom stereocenters. The van der Waals surface area contributed by atoms with E-state index in [9.17, 15) is 18.4 Å². The second-order valence-corrected chi connectivity index (χ2v) is 9.30. The number of hydrazone groups is 1. The van der Waals surface area contributed by atoms with Gasteiger partial charge in [-0.25, -0.2) is 0 Å². The summed E-state index contributed by atoms with van der Waals surface area (Å²) in [4.78, 5) is 37.0. The molecule has 5 N–H and O–H groups in total. The summed E-state index contributed by atoms with van der Waals surface area (Å²) in [6, 6.07) is 16.8. The van der Waals surface area contributed by atoms with E-state index >= 15 is 0 Å². The van der Waals surface area contributed by atoms with Gasteiger partial charge in [-0.1, -0.05) is 30.3 Å². The fraction of sp³-hybridized carbons (Fsp3) is 0.250. The van der Waals surface area contributed by atoms with Crippen molar-refractivity contribution in [2.45, 2.75) is 19.5 Å². The van der Waals surface area contributed by atoms with E-state index in [1.807, 2.05) is 35.2 Å². The van der Waals surface area contributed by atoms with E-state index in [0.29, 0.717) is 48.8 Å². The van der Waals surface area contributed by atoms with Crippen LogP contribution in [0.2, 0.25) is 0 Å². The number of nitrogens with one attached hydrogen (secondary N) is 1. The number of hydrogen-bond donors (Lipinski definition) is 3. The van der Waals surface area contributed by atoms with Gasteiger partial charge in [-0.15, -0.1) is 10.2 Å². The lowest BCUT2D eigenvalue weighted by Gasteiger charge is -2.38. The van der Waals surface area contributed by atoms with Crippen LogP contribution in [0, 0.1) is 0 Å². The number of amides is 2. The highest BCUT2D eigenvalue weighted by atomic mass is 19.3. The highest BCUT2D eigenvalue weighted by molar-refractivity contribution is 5.95. The molecule has 1 aliphatic heterocycles. The summed E-state index contributed by atoms with van der Waals surface area (Å²) in [5.41, 5.74) is 9.17. The molecule has 1 unspecified atom stereocenters. The van der Waals surface area contributed by atoms with E-state index in [4.69, 9.17) is 11.6 Å². The number of aromatic nitrogens is 1. The normalized spacial score (nSPS) is 15.4. The van der Waals surface area contributed by atoms with E-state index in [0.717, 1.165) is 5.56 Å². The van der Waals surface area contributed by atoms with Gasteiger partial charge in [-0.2, -0.15) is 13.9 Å². The zero-order valence-corrected chi connectivity index (χ0v) is 22.8. The Balaban J connectivity index is 1.46. The van der Waals surface area contributed by atoms with Gasteiger partial charge in [0.2, 0.25) is 5.91 Å². The number of aliphatic imine (C=N–C) groups is 1. The smallest absolute Gasteiger partial charge is 0.348 e. The molecule has 3 aromatic rings. The van der Waals surface area contributed by atoms with Gasteiger partial charge in [0.1, 0.15) is 5.69 Å². The number of nitrogens with zero attached hydrogens (tertiary/aromatic N) is 7.